The first-order valence-electron chi connectivity index (χ1n) is 5.35. The second-order valence-corrected chi connectivity index (χ2v) is 7.01. The van der Waals surface area contributed by atoms with Gasteiger partial charge in [0.1, 0.15) is 5.82 Å². The standard InChI is InChI=1S/C13H10Br2FNOS/c14-9-4-5-11(17)12(6-9)19(18)7-8-2-1-3-10(16)13(8)15/h1-6H,7,17H2. The first kappa shape index (κ1) is 14.7. The lowest BCUT2D eigenvalue weighted by Crippen LogP contribution is -2.02. The van der Waals surface area contributed by atoms with E-state index in [-0.39, 0.29) is 11.6 Å². The number of anilines is 1. The fourth-order valence-corrected chi connectivity index (χ4v) is 3.95. The number of hydrogen-bond donors (Lipinski definition) is 1. The van der Waals surface area contributed by atoms with Crippen molar-refractivity contribution in [3.05, 3.63) is 56.7 Å². The van der Waals surface area contributed by atoms with E-state index in [0.29, 0.717) is 20.6 Å². The van der Waals surface area contributed by atoms with Crippen molar-refractivity contribution in [3.8, 4) is 0 Å². The molecule has 0 aromatic heterocycles. The summed E-state index contributed by atoms with van der Waals surface area (Å²) in [5, 5.41) is 0. The Balaban J connectivity index is 2.31. The van der Waals surface area contributed by atoms with Gasteiger partial charge < -0.3 is 5.73 Å². The SMILES string of the molecule is Nc1ccc(Br)cc1S(=O)Cc1cccc(F)c1Br. The molecule has 0 spiro atoms. The second kappa shape index (κ2) is 6.15. The minimum atomic E-state index is -1.33. The first-order valence-corrected chi connectivity index (χ1v) is 8.26. The van der Waals surface area contributed by atoms with Crippen LogP contribution in [0.1, 0.15) is 5.56 Å². The minimum absolute atomic E-state index is 0.207. The lowest BCUT2D eigenvalue weighted by Gasteiger charge is -2.08. The first-order chi connectivity index (χ1) is 8.99. The summed E-state index contributed by atoms with van der Waals surface area (Å²) in [6.07, 6.45) is 0. The van der Waals surface area contributed by atoms with E-state index in [1.807, 2.05) is 0 Å². The molecule has 0 aliphatic heterocycles. The van der Waals surface area contributed by atoms with Gasteiger partial charge in [-0.15, -0.1) is 0 Å². The number of hydrogen-bond acceptors (Lipinski definition) is 2. The molecule has 100 valence electrons. The van der Waals surface area contributed by atoms with Crippen LogP contribution in [0.5, 0.6) is 0 Å². The molecule has 0 aliphatic rings. The Morgan fingerprint density at radius 1 is 1.21 bits per heavy atom. The van der Waals surface area contributed by atoms with E-state index < -0.39 is 10.8 Å². The van der Waals surface area contributed by atoms with Crippen LogP contribution in [-0.4, -0.2) is 4.21 Å². The van der Waals surface area contributed by atoms with Crippen molar-refractivity contribution in [3.63, 3.8) is 0 Å². The molecule has 2 aromatic rings. The fourth-order valence-electron chi connectivity index (χ4n) is 1.58. The van der Waals surface area contributed by atoms with Gasteiger partial charge in [0.25, 0.3) is 0 Å². The van der Waals surface area contributed by atoms with E-state index >= 15 is 0 Å². The molecule has 2 aromatic carbocycles. The highest BCUT2D eigenvalue weighted by molar-refractivity contribution is 9.10. The van der Waals surface area contributed by atoms with Crippen LogP contribution in [-0.2, 0) is 16.6 Å². The van der Waals surface area contributed by atoms with Gasteiger partial charge in [0, 0.05) is 10.2 Å². The third-order valence-corrected chi connectivity index (χ3v) is 5.34. The Morgan fingerprint density at radius 3 is 2.68 bits per heavy atom. The molecule has 2 N–H and O–H groups in total. The van der Waals surface area contributed by atoms with E-state index in [1.54, 1.807) is 30.3 Å². The van der Waals surface area contributed by atoms with Crippen molar-refractivity contribution in [2.45, 2.75) is 10.6 Å². The lowest BCUT2D eigenvalue weighted by atomic mass is 10.2. The molecule has 6 heteroatoms. The molecule has 1 atom stereocenters. The maximum Gasteiger partial charge on any atom is 0.137 e. The van der Waals surface area contributed by atoms with Crippen LogP contribution >= 0.6 is 31.9 Å². The summed E-state index contributed by atoms with van der Waals surface area (Å²) in [4.78, 5) is 0.547. The largest absolute Gasteiger partial charge is 0.398 e. The minimum Gasteiger partial charge on any atom is -0.398 e. The normalized spacial score (nSPS) is 12.4. The monoisotopic (exact) mass is 405 g/mol. The average Bonchev–Trinajstić information content (AvgIpc) is 2.38. The molecule has 0 radical (unpaired) electrons. The topological polar surface area (TPSA) is 43.1 Å². The fraction of sp³-hybridized carbons (Fsp3) is 0.0769. The summed E-state index contributed by atoms with van der Waals surface area (Å²) in [6.45, 7) is 0. The van der Waals surface area contributed by atoms with Gasteiger partial charge in [0.15, 0.2) is 0 Å². The molecule has 0 saturated heterocycles. The van der Waals surface area contributed by atoms with E-state index in [0.717, 1.165) is 4.47 Å². The van der Waals surface area contributed by atoms with Crippen molar-refractivity contribution < 1.29 is 8.60 Å². The van der Waals surface area contributed by atoms with Crippen LogP contribution in [0, 0.1) is 5.82 Å². The summed E-state index contributed by atoms with van der Waals surface area (Å²) in [6, 6.07) is 9.88. The van der Waals surface area contributed by atoms with E-state index in [9.17, 15) is 8.60 Å². The molecule has 0 amide bonds. The zero-order valence-electron chi connectivity index (χ0n) is 9.70. The lowest BCUT2D eigenvalue weighted by molar-refractivity contribution is 0.619. The molecule has 0 bridgehead atoms. The summed E-state index contributed by atoms with van der Waals surface area (Å²) in [5.41, 5.74) is 6.93. The van der Waals surface area contributed by atoms with Crippen molar-refractivity contribution >= 4 is 48.3 Å². The van der Waals surface area contributed by atoms with Gasteiger partial charge in [-0.05, 0) is 45.8 Å². The zero-order valence-corrected chi connectivity index (χ0v) is 13.7. The second-order valence-electron chi connectivity index (χ2n) is 3.88. The highest BCUT2D eigenvalue weighted by Gasteiger charge is 2.13. The van der Waals surface area contributed by atoms with Gasteiger partial charge >= 0.3 is 0 Å². The Bertz CT molecular complexity index is 649. The third kappa shape index (κ3) is 3.43. The van der Waals surface area contributed by atoms with Crippen LogP contribution in [0.25, 0.3) is 0 Å². The molecule has 2 nitrogen and oxygen atoms in total. The van der Waals surface area contributed by atoms with Gasteiger partial charge in [-0.1, -0.05) is 28.1 Å². The zero-order chi connectivity index (χ0) is 14.0. The van der Waals surface area contributed by atoms with Crippen LogP contribution in [0.2, 0.25) is 0 Å². The van der Waals surface area contributed by atoms with E-state index in [4.69, 9.17) is 5.73 Å². The van der Waals surface area contributed by atoms with Crippen LogP contribution < -0.4 is 5.73 Å². The molecule has 0 fully saturated rings. The van der Waals surface area contributed by atoms with Crippen LogP contribution in [0.3, 0.4) is 0 Å². The summed E-state index contributed by atoms with van der Waals surface area (Å²) in [7, 11) is -1.33. The highest BCUT2D eigenvalue weighted by Crippen LogP contribution is 2.27. The number of halogens is 3. The Kier molecular flexibility index (Phi) is 4.76. The van der Waals surface area contributed by atoms with Crippen LogP contribution in [0.4, 0.5) is 10.1 Å². The van der Waals surface area contributed by atoms with Gasteiger partial charge in [-0.2, -0.15) is 0 Å². The molecule has 2 rings (SSSR count). The maximum absolute atomic E-state index is 13.4. The molecule has 1 unspecified atom stereocenters. The predicted molar refractivity (Wildman–Crippen MR) is 82.8 cm³/mol. The molecule has 0 heterocycles. The van der Waals surface area contributed by atoms with Crippen LogP contribution in [0.15, 0.2) is 50.2 Å². The van der Waals surface area contributed by atoms with E-state index in [2.05, 4.69) is 31.9 Å². The van der Waals surface area contributed by atoms with Gasteiger partial charge in [0.2, 0.25) is 0 Å². The summed E-state index contributed by atoms with van der Waals surface area (Å²) in [5.74, 6) is -0.157. The van der Waals surface area contributed by atoms with Gasteiger partial charge in [0.05, 0.1) is 25.9 Å². The van der Waals surface area contributed by atoms with E-state index in [1.165, 1.54) is 6.07 Å². The van der Waals surface area contributed by atoms with Gasteiger partial charge in [-0.3, -0.25) is 4.21 Å². The highest BCUT2D eigenvalue weighted by atomic mass is 79.9. The number of rotatable bonds is 3. The number of benzene rings is 2. The Labute approximate surface area is 129 Å². The van der Waals surface area contributed by atoms with Crippen molar-refractivity contribution in [1.82, 2.24) is 0 Å². The molecular weight excluding hydrogens is 397 g/mol. The molecule has 19 heavy (non-hydrogen) atoms. The third-order valence-electron chi connectivity index (χ3n) is 2.54. The summed E-state index contributed by atoms with van der Waals surface area (Å²) < 4.78 is 26.9. The average molecular weight is 407 g/mol. The van der Waals surface area contributed by atoms with Gasteiger partial charge in [-0.25, -0.2) is 4.39 Å². The Morgan fingerprint density at radius 2 is 1.95 bits per heavy atom. The molecular formula is C13H10Br2FNOS. The van der Waals surface area contributed by atoms with Crippen molar-refractivity contribution in [1.29, 1.82) is 0 Å². The number of nitrogens with two attached hydrogens (primary N) is 1. The number of nitrogen functional groups attached to an aromatic ring is 1. The molecule has 0 aliphatic carbocycles. The Hall–Kier alpha value is -0.720. The quantitative estimate of drug-likeness (QED) is 0.774. The molecule has 0 saturated carbocycles. The predicted octanol–water partition coefficient (Wildman–Crippen LogP) is 4.24. The maximum atomic E-state index is 13.4. The summed E-state index contributed by atoms with van der Waals surface area (Å²) >= 11 is 6.48. The van der Waals surface area contributed by atoms with Crippen molar-refractivity contribution in [2.24, 2.45) is 0 Å². The van der Waals surface area contributed by atoms with Crippen molar-refractivity contribution in [2.75, 3.05) is 5.73 Å². The smallest absolute Gasteiger partial charge is 0.137 e.